The van der Waals surface area contributed by atoms with E-state index >= 15 is 0 Å². The number of nitrogen functional groups attached to an aromatic ring is 1. The van der Waals surface area contributed by atoms with Gasteiger partial charge in [-0.2, -0.15) is 0 Å². The number of benzene rings is 2. The molecule has 2 aromatic heterocycles. The van der Waals surface area contributed by atoms with Crippen molar-refractivity contribution in [3.63, 3.8) is 0 Å². The van der Waals surface area contributed by atoms with Gasteiger partial charge in [-0.05, 0) is 58.7 Å². The highest BCUT2D eigenvalue weighted by Crippen LogP contribution is 2.33. The summed E-state index contributed by atoms with van der Waals surface area (Å²) in [5.41, 5.74) is 14.8. The number of aliphatic hydroxyl groups is 1. The summed E-state index contributed by atoms with van der Waals surface area (Å²) in [5, 5.41) is 13.5. The fraction of sp³-hybridized carbons (Fsp3) is 0.0833. The molecule has 1 unspecified atom stereocenters. The smallest absolute Gasteiger partial charge is 0.244 e. The molecular formula is C24H21ClN4O3. The van der Waals surface area contributed by atoms with Crippen LogP contribution in [0.1, 0.15) is 23.1 Å². The third-order valence-electron chi connectivity index (χ3n) is 4.88. The van der Waals surface area contributed by atoms with Gasteiger partial charge in [0.25, 0.3) is 0 Å². The van der Waals surface area contributed by atoms with Gasteiger partial charge in [0, 0.05) is 17.7 Å². The fourth-order valence-corrected chi connectivity index (χ4v) is 3.48. The largest absolute Gasteiger partial charge is 0.458 e. The van der Waals surface area contributed by atoms with E-state index in [1.54, 1.807) is 36.5 Å². The van der Waals surface area contributed by atoms with E-state index in [-0.39, 0.29) is 12.5 Å². The molecule has 162 valence electrons. The highest BCUT2D eigenvalue weighted by Gasteiger charge is 2.11. The summed E-state index contributed by atoms with van der Waals surface area (Å²) in [7, 11) is 0. The number of carbonyl (C=O) groups excluding carboxylic acids is 1. The standard InChI is InChI=1S/C24H21ClN4O3/c25-20-11-17(15-3-5-16(6-4-15)24(27)31)9-18-10-19(32-23(18)20)13-29-22(30)8-2-14-1-7-21(26)28-12-14/h1-12,24,31H,13,27H2,(H2,26,28)(H,29,30)/b8-2+. The number of hydrogen-bond donors (Lipinski definition) is 4. The van der Waals surface area contributed by atoms with Crippen molar-refractivity contribution in [1.82, 2.24) is 10.3 Å². The highest BCUT2D eigenvalue weighted by atomic mass is 35.5. The minimum atomic E-state index is -1.01. The Balaban J connectivity index is 1.46. The van der Waals surface area contributed by atoms with E-state index in [9.17, 15) is 9.90 Å². The summed E-state index contributed by atoms with van der Waals surface area (Å²) < 4.78 is 5.82. The van der Waals surface area contributed by atoms with Gasteiger partial charge in [0.05, 0.1) is 11.6 Å². The Hall–Kier alpha value is -3.65. The molecule has 0 spiro atoms. The van der Waals surface area contributed by atoms with Gasteiger partial charge in [0.2, 0.25) is 5.91 Å². The highest BCUT2D eigenvalue weighted by molar-refractivity contribution is 6.35. The van der Waals surface area contributed by atoms with Crippen LogP contribution in [0.5, 0.6) is 0 Å². The first-order chi connectivity index (χ1) is 15.4. The van der Waals surface area contributed by atoms with Crippen LogP contribution in [0.25, 0.3) is 28.2 Å². The molecule has 0 saturated carbocycles. The van der Waals surface area contributed by atoms with Gasteiger partial charge in [-0.3, -0.25) is 4.79 Å². The Morgan fingerprint density at radius 3 is 2.62 bits per heavy atom. The molecular weight excluding hydrogens is 428 g/mol. The zero-order valence-electron chi connectivity index (χ0n) is 17.0. The Labute approximate surface area is 189 Å². The summed E-state index contributed by atoms with van der Waals surface area (Å²) in [6.45, 7) is 0.215. The number of pyridine rings is 1. The van der Waals surface area contributed by atoms with Crippen LogP contribution in [0, 0.1) is 0 Å². The van der Waals surface area contributed by atoms with Gasteiger partial charge in [0.15, 0.2) is 5.58 Å². The van der Waals surface area contributed by atoms with Crippen molar-refractivity contribution in [3.8, 4) is 11.1 Å². The van der Waals surface area contributed by atoms with Crippen LogP contribution < -0.4 is 16.8 Å². The number of hydrogen-bond acceptors (Lipinski definition) is 6. The third-order valence-corrected chi connectivity index (χ3v) is 5.16. The third kappa shape index (κ3) is 4.97. The number of amides is 1. The minimum Gasteiger partial charge on any atom is -0.458 e. The van der Waals surface area contributed by atoms with E-state index in [1.165, 1.54) is 6.08 Å². The zero-order chi connectivity index (χ0) is 22.7. The number of rotatable bonds is 6. The Bertz CT molecular complexity index is 1280. The van der Waals surface area contributed by atoms with Gasteiger partial charge in [-0.1, -0.05) is 35.9 Å². The minimum absolute atomic E-state index is 0.215. The lowest BCUT2D eigenvalue weighted by atomic mass is 10.0. The number of anilines is 1. The second kappa shape index (κ2) is 9.23. The number of carbonyl (C=O) groups is 1. The Kier molecular flexibility index (Phi) is 6.23. The van der Waals surface area contributed by atoms with Gasteiger partial charge >= 0.3 is 0 Å². The fourth-order valence-electron chi connectivity index (χ4n) is 3.21. The van der Waals surface area contributed by atoms with Crippen molar-refractivity contribution in [1.29, 1.82) is 0 Å². The molecule has 1 amide bonds. The van der Waals surface area contributed by atoms with E-state index in [1.807, 2.05) is 30.3 Å². The maximum atomic E-state index is 12.1. The van der Waals surface area contributed by atoms with E-state index < -0.39 is 6.23 Å². The van der Waals surface area contributed by atoms with Crippen LogP contribution >= 0.6 is 11.6 Å². The second-order valence-electron chi connectivity index (χ2n) is 7.22. The lowest BCUT2D eigenvalue weighted by Crippen LogP contribution is -2.19. The summed E-state index contributed by atoms with van der Waals surface area (Å²) in [4.78, 5) is 16.1. The van der Waals surface area contributed by atoms with Gasteiger partial charge in [-0.15, -0.1) is 0 Å². The molecule has 0 fully saturated rings. The van der Waals surface area contributed by atoms with Gasteiger partial charge in [-0.25, -0.2) is 4.98 Å². The second-order valence-corrected chi connectivity index (χ2v) is 7.63. The van der Waals surface area contributed by atoms with E-state index in [4.69, 9.17) is 27.5 Å². The van der Waals surface area contributed by atoms with Crippen molar-refractivity contribution in [3.05, 3.63) is 88.8 Å². The van der Waals surface area contributed by atoms with Crippen molar-refractivity contribution in [2.24, 2.45) is 5.73 Å². The number of fused-ring (bicyclic) bond motifs is 1. The molecule has 0 aliphatic heterocycles. The topological polar surface area (TPSA) is 127 Å². The van der Waals surface area contributed by atoms with Crippen LogP contribution in [-0.4, -0.2) is 16.0 Å². The molecule has 32 heavy (non-hydrogen) atoms. The van der Waals surface area contributed by atoms with Gasteiger partial charge < -0.3 is 26.3 Å². The van der Waals surface area contributed by atoms with Crippen LogP contribution in [-0.2, 0) is 11.3 Å². The number of nitrogens with one attached hydrogen (secondary N) is 1. The molecule has 4 aromatic rings. The van der Waals surface area contributed by atoms with Crippen LogP contribution in [0.2, 0.25) is 5.02 Å². The predicted octanol–water partition coefficient (Wildman–Crippen LogP) is 4.01. The summed E-state index contributed by atoms with van der Waals surface area (Å²) in [6.07, 6.45) is 3.64. The number of furan rings is 1. The Morgan fingerprint density at radius 2 is 1.94 bits per heavy atom. The average molecular weight is 449 g/mol. The first kappa shape index (κ1) is 21.6. The first-order valence-corrected chi connectivity index (χ1v) is 10.2. The first-order valence-electron chi connectivity index (χ1n) is 9.82. The molecule has 2 heterocycles. The number of halogens is 1. The van der Waals surface area contributed by atoms with E-state index in [0.717, 1.165) is 22.1 Å². The lowest BCUT2D eigenvalue weighted by Gasteiger charge is -2.07. The molecule has 0 aliphatic carbocycles. The van der Waals surface area contributed by atoms with Crippen LogP contribution in [0.15, 0.2) is 71.3 Å². The van der Waals surface area contributed by atoms with E-state index in [2.05, 4.69) is 10.3 Å². The van der Waals surface area contributed by atoms with Crippen LogP contribution in [0.4, 0.5) is 5.82 Å². The predicted molar refractivity (Wildman–Crippen MR) is 125 cm³/mol. The molecule has 0 saturated heterocycles. The quantitative estimate of drug-likeness (QED) is 0.260. The molecule has 8 heteroatoms. The number of nitrogens with zero attached hydrogens (tertiary/aromatic N) is 1. The summed E-state index contributed by atoms with van der Waals surface area (Å²) in [6, 6.07) is 16.3. The maximum absolute atomic E-state index is 12.1. The average Bonchev–Trinajstić information content (AvgIpc) is 3.21. The molecule has 0 aliphatic rings. The van der Waals surface area contributed by atoms with Gasteiger partial charge in [0.1, 0.15) is 17.8 Å². The summed E-state index contributed by atoms with van der Waals surface area (Å²) in [5.74, 6) is 0.734. The van der Waals surface area contributed by atoms with Crippen molar-refractivity contribution in [2.75, 3.05) is 5.73 Å². The van der Waals surface area contributed by atoms with Crippen LogP contribution in [0.3, 0.4) is 0 Å². The molecule has 0 bridgehead atoms. The molecule has 1 atom stereocenters. The monoisotopic (exact) mass is 448 g/mol. The van der Waals surface area contributed by atoms with E-state index in [0.29, 0.717) is 27.7 Å². The number of aliphatic hydroxyl groups excluding tert-OH is 1. The molecule has 0 radical (unpaired) electrons. The SMILES string of the molecule is Nc1ccc(/C=C/C(=O)NCc2cc3cc(-c4ccc(C(N)O)cc4)cc(Cl)c3o2)cn1. The zero-order valence-corrected chi connectivity index (χ0v) is 17.7. The molecule has 4 rings (SSSR count). The van der Waals surface area contributed by atoms with Crippen molar-refractivity contribution in [2.45, 2.75) is 12.8 Å². The normalized spacial score (nSPS) is 12.3. The summed E-state index contributed by atoms with van der Waals surface area (Å²) >= 11 is 6.43. The molecule has 2 aromatic carbocycles. The Morgan fingerprint density at radius 1 is 1.16 bits per heavy atom. The van der Waals surface area contributed by atoms with Crippen molar-refractivity contribution >= 4 is 40.4 Å². The van der Waals surface area contributed by atoms with Crippen molar-refractivity contribution < 1.29 is 14.3 Å². The molecule has 6 N–H and O–H groups in total. The lowest BCUT2D eigenvalue weighted by molar-refractivity contribution is -0.116. The number of aromatic nitrogens is 1. The maximum Gasteiger partial charge on any atom is 0.244 e. The number of nitrogens with two attached hydrogens (primary N) is 2. The molecule has 7 nitrogen and oxygen atoms in total.